The third-order valence-corrected chi connectivity index (χ3v) is 2.96. The van der Waals surface area contributed by atoms with Gasteiger partial charge in [0.2, 0.25) is 0 Å². The van der Waals surface area contributed by atoms with Crippen molar-refractivity contribution < 1.29 is 9.72 Å². The Labute approximate surface area is 120 Å². The highest BCUT2D eigenvalue weighted by Crippen LogP contribution is 2.24. The van der Waals surface area contributed by atoms with E-state index in [1.807, 2.05) is 19.3 Å². The van der Waals surface area contributed by atoms with Gasteiger partial charge in [-0.15, -0.1) is 0 Å². The zero-order valence-electron chi connectivity index (χ0n) is 11.4. The third-order valence-electron chi connectivity index (χ3n) is 2.96. The van der Waals surface area contributed by atoms with Gasteiger partial charge < -0.3 is 11.1 Å². The maximum absolute atomic E-state index is 12.0. The van der Waals surface area contributed by atoms with Crippen LogP contribution in [0.25, 0.3) is 0 Å². The molecule has 3 N–H and O–H groups in total. The summed E-state index contributed by atoms with van der Waals surface area (Å²) in [6, 6.07) is 6.01. The van der Waals surface area contributed by atoms with Crippen LogP contribution in [0.1, 0.15) is 16.1 Å². The fraction of sp³-hybridized carbons (Fsp3) is 0.231. The number of benzene rings is 1. The number of nitro benzene ring substituents is 1. The molecule has 0 bridgehead atoms. The molecule has 1 heterocycles. The van der Waals surface area contributed by atoms with Crippen LogP contribution in [-0.2, 0) is 13.5 Å². The monoisotopic (exact) mass is 289 g/mol. The normalized spacial score (nSPS) is 10.3. The first-order valence-corrected chi connectivity index (χ1v) is 6.28. The highest BCUT2D eigenvalue weighted by atomic mass is 16.6. The summed E-state index contributed by atoms with van der Waals surface area (Å²) in [6.07, 6.45) is 2.39. The molecule has 0 spiro atoms. The van der Waals surface area contributed by atoms with Gasteiger partial charge in [-0.3, -0.25) is 19.6 Å². The summed E-state index contributed by atoms with van der Waals surface area (Å²) in [4.78, 5) is 22.2. The molecule has 0 unspecified atom stereocenters. The molecule has 2 rings (SSSR count). The number of rotatable bonds is 5. The number of amides is 1. The summed E-state index contributed by atoms with van der Waals surface area (Å²) in [5, 5.41) is 17.6. The van der Waals surface area contributed by atoms with Gasteiger partial charge in [0.1, 0.15) is 5.69 Å². The smallest absolute Gasteiger partial charge is 0.292 e. The van der Waals surface area contributed by atoms with Crippen molar-refractivity contribution in [3.8, 4) is 0 Å². The van der Waals surface area contributed by atoms with Gasteiger partial charge in [0.25, 0.3) is 11.6 Å². The van der Waals surface area contributed by atoms with Gasteiger partial charge in [-0.2, -0.15) is 5.10 Å². The lowest BCUT2D eigenvalue weighted by atomic mass is 10.1. The Balaban J connectivity index is 2.00. The van der Waals surface area contributed by atoms with E-state index in [4.69, 9.17) is 5.73 Å². The van der Waals surface area contributed by atoms with Crippen LogP contribution >= 0.6 is 0 Å². The summed E-state index contributed by atoms with van der Waals surface area (Å²) in [6.45, 7) is 0.373. The number of para-hydroxylation sites is 1. The van der Waals surface area contributed by atoms with Crippen LogP contribution in [0, 0.1) is 10.1 Å². The molecule has 0 saturated carbocycles. The van der Waals surface area contributed by atoms with Crippen molar-refractivity contribution in [2.24, 2.45) is 7.05 Å². The number of nitrogen functional groups attached to an aromatic ring is 1. The molecule has 110 valence electrons. The average Bonchev–Trinajstić information content (AvgIpc) is 2.84. The summed E-state index contributed by atoms with van der Waals surface area (Å²) in [7, 11) is 1.81. The molecule has 0 aliphatic carbocycles. The fourth-order valence-electron chi connectivity index (χ4n) is 1.91. The summed E-state index contributed by atoms with van der Waals surface area (Å²) < 4.78 is 1.68. The topological polar surface area (TPSA) is 116 Å². The van der Waals surface area contributed by atoms with Crippen molar-refractivity contribution in [2.45, 2.75) is 6.42 Å². The minimum atomic E-state index is -0.611. The van der Waals surface area contributed by atoms with Crippen LogP contribution in [0.3, 0.4) is 0 Å². The number of nitro groups is 1. The van der Waals surface area contributed by atoms with Gasteiger partial charge in [0.05, 0.1) is 16.2 Å². The number of nitrogens with two attached hydrogens (primary N) is 1. The molecule has 0 saturated heterocycles. The SMILES string of the molecule is Cn1ccc(CCNC(=O)c2cccc([N+](=O)[O-])c2N)n1. The second-order valence-corrected chi connectivity index (χ2v) is 4.48. The van der Waals surface area contributed by atoms with Crippen LogP contribution in [0.5, 0.6) is 0 Å². The maximum Gasteiger partial charge on any atom is 0.292 e. The van der Waals surface area contributed by atoms with E-state index in [0.717, 1.165) is 5.69 Å². The molecule has 0 aliphatic rings. The van der Waals surface area contributed by atoms with E-state index < -0.39 is 10.8 Å². The van der Waals surface area contributed by atoms with Crippen LogP contribution < -0.4 is 11.1 Å². The number of hydrogen-bond donors (Lipinski definition) is 2. The van der Waals surface area contributed by atoms with Crippen molar-refractivity contribution in [1.29, 1.82) is 0 Å². The first-order valence-electron chi connectivity index (χ1n) is 6.28. The molecule has 0 atom stereocenters. The molecule has 8 heteroatoms. The van der Waals surface area contributed by atoms with E-state index in [9.17, 15) is 14.9 Å². The number of nitrogens with one attached hydrogen (secondary N) is 1. The number of aryl methyl sites for hydroxylation is 1. The molecule has 2 aromatic rings. The van der Waals surface area contributed by atoms with Crippen molar-refractivity contribution in [1.82, 2.24) is 15.1 Å². The fourth-order valence-corrected chi connectivity index (χ4v) is 1.91. The lowest BCUT2D eigenvalue weighted by Crippen LogP contribution is -2.26. The maximum atomic E-state index is 12.0. The van der Waals surface area contributed by atoms with Gasteiger partial charge in [-0.25, -0.2) is 0 Å². The highest BCUT2D eigenvalue weighted by molar-refractivity contribution is 6.00. The Morgan fingerprint density at radius 2 is 2.24 bits per heavy atom. The van der Waals surface area contributed by atoms with Crippen molar-refractivity contribution in [2.75, 3.05) is 12.3 Å². The Bertz CT molecular complexity index is 680. The average molecular weight is 289 g/mol. The number of aromatic nitrogens is 2. The van der Waals surface area contributed by atoms with E-state index in [2.05, 4.69) is 10.4 Å². The zero-order chi connectivity index (χ0) is 15.4. The lowest BCUT2D eigenvalue weighted by molar-refractivity contribution is -0.383. The Kier molecular flexibility index (Phi) is 4.17. The molecule has 0 radical (unpaired) electrons. The van der Waals surface area contributed by atoms with Gasteiger partial charge in [0.15, 0.2) is 0 Å². The molecule has 1 aromatic carbocycles. The van der Waals surface area contributed by atoms with Gasteiger partial charge in [0, 0.05) is 32.3 Å². The van der Waals surface area contributed by atoms with Crippen LogP contribution in [0.2, 0.25) is 0 Å². The molecule has 8 nitrogen and oxygen atoms in total. The van der Waals surface area contributed by atoms with E-state index in [-0.39, 0.29) is 16.9 Å². The molecule has 0 aliphatic heterocycles. The van der Waals surface area contributed by atoms with Crippen molar-refractivity contribution in [3.05, 3.63) is 51.8 Å². The highest BCUT2D eigenvalue weighted by Gasteiger charge is 2.18. The quantitative estimate of drug-likeness (QED) is 0.481. The first kappa shape index (κ1) is 14.5. The molecular formula is C13H15N5O3. The van der Waals surface area contributed by atoms with Crippen LogP contribution in [0.15, 0.2) is 30.5 Å². The largest absolute Gasteiger partial charge is 0.393 e. The Hall–Kier alpha value is -2.90. The van der Waals surface area contributed by atoms with E-state index in [1.165, 1.54) is 18.2 Å². The second-order valence-electron chi connectivity index (χ2n) is 4.48. The number of anilines is 1. The van der Waals surface area contributed by atoms with Crippen molar-refractivity contribution in [3.63, 3.8) is 0 Å². The standard InChI is InChI=1S/C13H15N5O3/c1-17-8-6-9(16-17)5-7-15-13(19)10-3-2-4-11(12(10)14)18(20)21/h2-4,6,8H,5,7,14H2,1H3,(H,15,19). The predicted molar refractivity (Wildman–Crippen MR) is 76.8 cm³/mol. The molecule has 1 amide bonds. The molecule has 0 fully saturated rings. The van der Waals surface area contributed by atoms with Gasteiger partial charge >= 0.3 is 0 Å². The van der Waals surface area contributed by atoms with Crippen molar-refractivity contribution >= 4 is 17.3 Å². The number of carbonyl (C=O) groups excluding carboxylic acids is 1. The molecular weight excluding hydrogens is 274 g/mol. The number of hydrogen-bond acceptors (Lipinski definition) is 5. The van der Waals surface area contributed by atoms with E-state index in [0.29, 0.717) is 13.0 Å². The molecule has 21 heavy (non-hydrogen) atoms. The van der Waals surface area contributed by atoms with E-state index >= 15 is 0 Å². The Morgan fingerprint density at radius 1 is 1.48 bits per heavy atom. The lowest BCUT2D eigenvalue weighted by Gasteiger charge is -2.07. The minimum absolute atomic E-state index is 0.102. The number of carbonyl (C=O) groups is 1. The second kappa shape index (κ2) is 6.04. The summed E-state index contributed by atoms with van der Waals surface area (Å²) >= 11 is 0. The van der Waals surface area contributed by atoms with Gasteiger partial charge in [-0.1, -0.05) is 6.07 Å². The van der Waals surface area contributed by atoms with Crippen LogP contribution in [-0.4, -0.2) is 27.2 Å². The van der Waals surface area contributed by atoms with Gasteiger partial charge in [-0.05, 0) is 12.1 Å². The summed E-state index contributed by atoms with van der Waals surface area (Å²) in [5.74, 6) is -0.438. The first-order chi connectivity index (χ1) is 9.99. The zero-order valence-corrected chi connectivity index (χ0v) is 11.4. The predicted octanol–water partition coefficient (Wildman–Crippen LogP) is 0.883. The Morgan fingerprint density at radius 3 is 2.86 bits per heavy atom. The number of nitrogens with zero attached hydrogens (tertiary/aromatic N) is 3. The summed E-state index contributed by atoms with van der Waals surface area (Å²) in [5.41, 5.74) is 6.21. The molecule has 1 aromatic heterocycles. The minimum Gasteiger partial charge on any atom is -0.393 e. The van der Waals surface area contributed by atoms with Crippen LogP contribution in [0.4, 0.5) is 11.4 Å². The van der Waals surface area contributed by atoms with E-state index in [1.54, 1.807) is 4.68 Å². The third kappa shape index (κ3) is 3.35.